The Bertz CT molecular complexity index is 739. The zero-order chi connectivity index (χ0) is 21.0. The van der Waals surface area contributed by atoms with Crippen LogP contribution in [0.1, 0.15) is 57.8 Å². The molecule has 3 heterocycles. The van der Waals surface area contributed by atoms with Gasteiger partial charge in [0.05, 0.1) is 6.04 Å². The van der Waals surface area contributed by atoms with Gasteiger partial charge in [-0.05, 0) is 53.5 Å². The number of carbonyl (C=O) groups is 1. The summed E-state index contributed by atoms with van der Waals surface area (Å²) in [5.41, 5.74) is 1.16. The minimum Gasteiger partial charge on any atom is -0.444 e. The van der Waals surface area contributed by atoms with E-state index in [0.29, 0.717) is 24.5 Å². The highest BCUT2D eigenvalue weighted by Gasteiger charge is 2.28. The van der Waals surface area contributed by atoms with Gasteiger partial charge < -0.3 is 25.7 Å². The summed E-state index contributed by atoms with van der Waals surface area (Å²) in [4.78, 5) is 23.5. The van der Waals surface area contributed by atoms with Gasteiger partial charge in [-0.2, -0.15) is 0 Å². The Balaban J connectivity index is 1.60. The fraction of sp³-hybridized carbons (Fsp3) is 0.714. The number of nitrogens with zero attached hydrogens (tertiary/aromatic N) is 3. The van der Waals surface area contributed by atoms with Crippen LogP contribution >= 0.6 is 0 Å². The maximum atomic E-state index is 12.0. The second-order valence-electron chi connectivity index (χ2n) is 9.08. The first-order valence-electron chi connectivity index (χ1n) is 10.6. The highest BCUT2D eigenvalue weighted by Crippen LogP contribution is 2.22. The number of nitrogens with one attached hydrogen (secondary N) is 3. The summed E-state index contributed by atoms with van der Waals surface area (Å²) < 4.78 is 5.36. The van der Waals surface area contributed by atoms with E-state index >= 15 is 0 Å². The molecular weight excluding hydrogens is 368 g/mol. The van der Waals surface area contributed by atoms with Gasteiger partial charge in [0.25, 0.3) is 0 Å². The minimum absolute atomic E-state index is 0.0346. The van der Waals surface area contributed by atoms with Crippen LogP contribution in [0.15, 0.2) is 6.20 Å². The lowest BCUT2D eigenvalue weighted by molar-refractivity contribution is 0.0509. The van der Waals surface area contributed by atoms with Crippen molar-refractivity contribution in [1.29, 1.82) is 5.41 Å². The highest BCUT2D eigenvalue weighted by atomic mass is 16.6. The van der Waals surface area contributed by atoms with Gasteiger partial charge in [0.1, 0.15) is 17.2 Å². The molecule has 0 spiro atoms. The number of aryl methyl sites for hydroxylation is 1. The van der Waals surface area contributed by atoms with Crippen LogP contribution in [-0.2, 0) is 11.2 Å². The Morgan fingerprint density at radius 2 is 2.17 bits per heavy atom. The zero-order valence-electron chi connectivity index (χ0n) is 18.0. The van der Waals surface area contributed by atoms with Crippen molar-refractivity contribution in [3.8, 4) is 0 Å². The molecule has 2 saturated heterocycles. The number of hydrogen-bond acceptors (Lipinski definition) is 7. The summed E-state index contributed by atoms with van der Waals surface area (Å²) in [5.74, 6) is 1.58. The van der Waals surface area contributed by atoms with Crippen molar-refractivity contribution in [2.24, 2.45) is 0 Å². The number of anilines is 1. The van der Waals surface area contributed by atoms with E-state index in [9.17, 15) is 4.79 Å². The fourth-order valence-electron chi connectivity index (χ4n) is 3.86. The molecule has 0 bridgehead atoms. The smallest absolute Gasteiger partial charge is 0.407 e. The van der Waals surface area contributed by atoms with Crippen molar-refractivity contribution in [3.05, 3.63) is 17.6 Å². The summed E-state index contributed by atoms with van der Waals surface area (Å²) in [6.07, 6.45) is 6.15. The number of rotatable bonds is 5. The topological polar surface area (TPSA) is 103 Å². The third-order valence-electron chi connectivity index (χ3n) is 5.28. The lowest BCUT2D eigenvalue weighted by atomic mass is 9.98. The molecule has 1 aromatic rings. The average molecular weight is 403 g/mol. The van der Waals surface area contributed by atoms with Crippen molar-refractivity contribution in [2.75, 3.05) is 24.5 Å². The second-order valence-corrected chi connectivity index (χ2v) is 9.08. The molecular formula is C21H34N6O2. The Labute approximate surface area is 173 Å². The predicted octanol–water partition coefficient (Wildman–Crippen LogP) is 2.59. The third-order valence-corrected chi connectivity index (χ3v) is 5.28. The zero-order valence-corrected chi connectivity index (χ0v) is 18.0. The number of hydrogen-bond donors (Lipinski definition) is 3. The molecule has 0 unspecified atom stereocenters. The monoisotopic (exact) mass is 402 g/mol. The van der Waals surface area contributed by atoms with Crippen LogP contribution in [0.25, 0.3) is 0 Å². The lowest BCUT2D eigenvalue weighted by Crippen LogP contribution is -2.41. The predicted molar refractivity (Wildman–Crippen MR) is 114 cm³/mol. The first kappa shape index (κ1) is 21.5. The van der Waals surface area contributed by atoms with Crippen LogP contribution in [0.4, 0.5) is 10.6 Å². The molecule has 2 atom stereocenters. The summed E-state index contributed by atoms with van der Waals surface area (Å²) in [7, 11) is 0. The molecule has 1 aromatic heterocycles. The molecule has 0 saturated carbocycles. The molecule has 2 fully saturated rings. The average Bonchev–Trinajstić information content (AvgIpc) is 3.10. The molecule has 8 heteroatoms. The van der Waals surface area contributed by atoms with Crippen LogP contribution < -0.4 is 15.5 Å². The van der Waals surface area contributed by atoms with Gasteiger partial charge in [0, 0.05) is 43.0 Å². The normalized spacial score (nSPS) is 22.4. The largest absolute Gasteiger partial charge is 0.444 e. The maximum Gasteiger partial charge on any atom is 0.407 e. The van der Waals surface area contributed by atoms with Gasteiger partial charge in [-0.3, -0.25) is 0 Å². The number of piperidine rings is 1. The standard InChI is InChI=1S/C21H34N6O2/c1-14-12-24-18(11-16(22)17-7-5-6-9-23-17)26-19(14)27-10-8-15(13-27)25-20(28)29-21(2,3)4/h12,15,17,22-23H,5-11,13H2,1-4H3,(H,25,28)/t15-,17-/m0/s1. The fourth-order valence-corrected chi connectivity index (χ4v) is 3.86. The SMILES string of the molecule is Cc1cnc(CC(=N)[C@@H]2CCCCN2)nc1N1CC[C@H](NC(=O)OC(C)(C)C)C1. The summed E-state index contributed by atoms with van der Waals surface area (Å²) in [6.45, 7) is 10.1. The van der Waals surface area contributed by atoms with E-state index in [0.717, 1.165) is 37.3 Å². The Hall–Kier alpha value is -2.22. The van der Waals surface area contributed by atoms with E-state index in [4.69, 9.17) is 15.1 Å². The molecule has 2 aliphatic heterocycles. The third kappa shape index (κ3) is 6.13. The molecule has 160 valence electrons. The number of carbonyl (C=O) groups excluding carboxylic acids is 1. The minimum atomic E-state index is -0.502. The molecule has 0 aliphatic carbocycles. The molecule has 2 aliphatic rings. The molecule has 0 radical (unpaired) electrons. The molecule has 29 heavy (non-hydrogen) atoms. The quantitative estimate of drug-likeness (QED) is 0.654. The molecule has 8 nitrogen and oxygen atoms in total. The van der Waals surface area contributed by atoms with Gasteiger partial charge in [0.2, 0.25) is 0 Å². The van der Waals surface area contributed by atoms with Crippen molar-refractivity contribution in [2.45, 2.75) is 77.5 Å². The van der Waals surface area contributed by atoms with Gasteiger partial charge >= 0.3 is 6.09 Å². The van der Waals surface area contributed by atoms with Crippen molar-refractivity contribution < 1.29 is 9.53 Å². The second kappa shape index (κ2) is 9.07. The molecule has 0 aromatic carbocycles. The summed E-state index contributed by atoms with van der Waals surface area (Å²) >= 11 is 0. The van der Waals surface area contributed by atoms with E-state index in [1.54, 1.807) is 0 Å². The van der Waals surface area contributed by atoms with Crippen molar-refractivity contribution >= 4 is 17.6 Å². The summed E-state index contributed by atoms with van der Waals surface area (Å²) in [5, 5.41) is 14.8. The Morgan fingerprint density at radius 1 is 1.38 bits per heavy atom. The van der Waals surface area contributed by atoms with Gasteiger partial charge in [-0.25, -0.2) is 14.8 Å². The highest BCUT2D eigenvalue weighted by molar-refractivity contribution is 5.88. The van der Waals surface area contributed by atoms with Crippen LogP contribution in [0.2, 0.25) is 0 Å². The van der Waals surface area contributed by atoms with Crippen LogP contribution in [-0.4, -0.2) is 59.1 Å². The van der Waals surface area contributed by atoms with Crippen LogP contribution in [0.3, 0.4) is 0 Å². The van der Waals surface area contributed by atoms with Crippen molar-refractivity contribution in [1.82, 2.24) is 20.6 Å². The lowest BCUT2D eigenvalue weighted by Gasteiger charge is -2.24. The van der Waals surface area contributed by atoms with Gasteiger partial charge in [0.15, 0.2) is 0 Å². The van der Waals surface area contributed by atoms with Crippen molar-refractivity contribution in [3.63, 3.8) is 0 Å². The Morgan fingerprint density at radius 3 is 2.86 bits per heavy atom. The van der Waals surface area contributed by atoms with E-state index < -0.39 is 5.60 Å². The molecule has 3 rings (SSSR count). The van der Waals surface area contributed by atoms with E-state index in [2.05, 4.69) is 20.5 Å². The van der Waals surface area contributed by atoms with Gasteiger partial charge in [-0.15, -0.1) is 0 Å². The van der Waals surface area contributed by atoms with E-state index in [1.165, 1.54) is 12.8 Å². The number of alkyl carbamates (subject to hydrolysis) is 1. The molecule has 1 amide bonds. The number of amides is 1. The Kier molecular flexibility index (Phi) is 6.72. The number of ether oxygens (including phenoxy) is 1. The molecule has 3 N–H and O–H groups in total. The van der Waals surface area contributed by atoms with E-state index in [-0.39, 0.29) is 18.2 Å². The van der Waals surface area contributed by atoms with Gasteiger partial charge in [-0.1, -0.05) is 6.42 Å². The first-order valence-corrected chi connectivity index (χ1v) is 10.6. The number of aromatic nitrogens is 2. The van der Waals surface area contributed by atoms with Crippen LogP contribution in [0.5, 0.6) is 0 Å². The van der Waals surface area contributed by atoms with E-state index in [1.807, 2.05) is 33.9 Å². The summed E-state index contributed by atoms with van der Waals surface area (Å²) in [6, 6.07) is 0.179. The first-order chi connectivity index (χ1) is 13.7. The maximum absolute atomic E-state index is 12.0. The van der Waals surface area contributed by atoms with Crippen LogP contribution in [0, 0.1) is 12.3 Å².